The van der Waals surface area contributed by atoms with Crippen LogP contribution < -0.4 is 0 Å². The van der Waals surface area contributed by atoms with E-state index in [2.05, 4.69) is 38.3 Å². The number of likely N-dealkylation sites (tertiary alicyclic amines) is 1. The summed E-state index contributed by atoms with van der Waals surface area (Å²) in [7, 11) is -1.55. The summed E-state index contributed by atoms with van der Waals surface area (Å²) in [6, 6.07) is 4.25. The number of carbonyl (C=O) groups excluding carboxylic acids is 1. The molecule has 1 saturated heterocycles. The number of carbonyl (C=O) groups is 1. The minimum atomic E-state index is -1.55. The van der Waals surface area contributed by atoms with Gasteiger partial charge in [-0.2, -0.15) is 0 Å². The Morgan fingerprint density at radius 1 is 0.700 bits per heavy atom. The summed E-state index contributed by atoms with van der Waals surface area (Å²) in [5.74, 6) is 0.405. The third-order valence-corrected chi connectivity index (χ3v) is 12.0. The van der Waals surface area contributed by atoms with E-state index in [1.165, 1.54) is 114 Å². The van der Waals surface area contributed by atoms with Gasteiger partial charge >= 0.3 is 0 Å². The third kappa shape index (κ3) is 10.6. The molecule has 3 heteroatoms. The Balaban J connectivity index is 3.14. The topological polar surface area (TPSA) is 20.3 Å². The molecule has 1 amide bonds. The van der Waals surface area contributed by atoms with Crippen LogP contribution in [0.5, 0.6) is 0 Å². The molecule has 0 aliphatic carbocycles. The molecule has 0 N–H and O–H groups in total. The van der Waals surface area contributed by atoms with E-state index in [0.29, 0.717) is 5.91 Å². The molecule has 1 fully saturated rings. The van der Waals surface area contributed by atoms with Crippen LogP contribution in [0.4, 0.5) is 0 Å². The molecule has 1 rings (SSSR count). The highest BCUT2D eigenvalue weighted by atomic mass is 28.3. The number of rotatable bonds is 18. The Labute approximate surface area is 190 Å². The van der Waals surface area contributed by atoms with Gasteiger partial charge in [0.15, 0.2) is 0 Å². The second-order valence-electron chi connectivity index (χ2n) is 9.86. The van der Waals surface area contributed by atoms with Gasteiger partial charge < -0.3 is 4.90 Å². The monoisotopic (exact) mass is 435 g/mol. The molecule has 0 unspecified atom stereocenters. The quantitative estimate of drug-likeness (QED) is 0.120. The molecule has 0 saturated carbocycles. The number of unbranched alkanes of at least 4 members (excludes halogenated alkanes) is 8. The van der Waals surface area contributed by atoms with Gasteiger partial charge in [0, 0.05) is 18.7 Å². The van der Waals surface area contributed by atoms with Crippen molar-refractivity contribution in [2.45, 2.75) is 142 Å². The summed E-state index contributed by atoms with van der Waals surface area (Å²) in [4.78, 5) is 15.7. The van der Waals surface area contributed by atoms with Crippen LogP contribution in [0.2, 0.25) is 18.1 Å². The largest absolute Gasteiger partial charge is 0.339 e. The highest BCUT2D eigenvalue weighted by molar-refractivity contribution is 6.84. The third-order valence-electron chi connectivity index (χ3n) is 7.03. The second-order valence-corrected chi connectivity index (χ2v) is 14.4. The molecule has 0 bridgehead atoms. The van der Waals surface area contributed by atoms with Crippen LogP contribution in [-0.2, 0) is 4.79 Å². The molecule has 1 aliphatic heterocycles. The molecule has 1 heterocycles. The average Bonchev–Trinajstić information content (AvgIpc) is 3.28. The van der Waals surface area contributed by atoms with Crippen molar-refractivity contribution in [3.05, 3.63) is 11.3 Å². The fourth-order valence-corrected chi connectivity index (χ4v) is 10.1. The van der Waals surface area contributed by atoms with Crippen molar-refractivity contribution in [3.8, 4) is 0 Å². The molecule has 0 spiro atoms. The van der Waals surface area contributed by atoms with Crippen LogP contribution in [0.1, 0.15) is 124 Å². The molecule has 0 aromatic carbocycles. The Hall–Kier alpha value is -0.573. The fraction of sp³-hybridized carbons (Fsp3) is 0.889. The van der Waals surface area contributed by atoms with E-state index in [1.54, 1.807) is 0 Å². The van der Waals surface area contributed by atoms with E-state index in [0.717, 1.165) is 19.5 Å². The summed E-state index contributed by atoms with van der Waals surface area (Å²) >= 11 is 0. The van der Waals surface area contributed by atoms with E-state index < -0.39 is 8.07 Å². The minimum Gasteiger partial charge on any atom is -0.339 e. The average molecular weight is 436 g/mol. The van der Waals surface area contributed by atoms with Gasteiger partial charge in [-0.3, -0.25) is 4.79 Å². The molecule has 0 radical (unpaired) electrons. The molecule has 30 heavy (non-hydrogen) atoms. The van der Waals surface area contributed by atoms with E-state index >= 15 is 0 Å². The first kappa shape index (κ1) is 27.5. The standard InChI is InChI=1S/C27H53NOSi/c1-5-9-13-19-26(27(29)28-20-14-15-21-28)25-30(22-16-10-6-2,23-17-11-7-3)24-18-12-8-4/h25H,5-24H2,1-4H3/b26-25-. The lowest BCUT2D eigenvalue weighted by Gasteiger charge is -2.31. The van der Waals surface area contributed by atoms with Crippen LogP contribution in [0.3, 0.4) is 0 Å². The zero-order chi connectivity index (χ0) is 22.1. The minimum absolute atomic E-state index is 0.405. The van der Waals surface area contributed by atoms with E-state index in [9.17, 15) is 4.79 Å². The lowest BCUT2D eigenvalue weighted by atomic mass is 10.1. The van der Waals surface area contributed by atoms with Crippen molar-refractivity contribution in [2.75, 3.05) is 13.1 Å². The molecule has 1 aliphatic rings. The van der Waals surface area contributed by atoms with Crippen LogP contribution in [0.15, 0.2) is 11.3 Å². The van der Waals surface area contributed by atoms with Gasteiger partial charge in [0.05, 0.1) is 8.07 Å². The van der Waals surface area contributed by atoms with Crippen molar-refractivity contribution < 1.29 is 4.79 Å². The summed E-state index contributed by atoms with van der Waals surface area (Å²) in [6.07, 6.45) is 19.2. The number of hydrogen-bond acceptors (Lipinski definition) is 1. The molecule has 0 aromatic rings. The highest BCUT2D eigenvalue weighted by Crippen LogP contribution is 2.33. The molecular weight excluding hydrogens is 382 g/mol. The highest BCUT2D eigenvalue weighted by Gasteiger charge is 2.32. The lowest BCUT2D eigenvalue weighted by molar-refractivity contribution is -0.126. The van der Waals surface area contributed by atoms with Crippen LogP contribution in [0, 0.1) is 0 Å². The van der Waals surface area contributed by atoms with Crippen molar-refractivity contribution in [2.24, 2.45) is 0 Å². The molecular formula is C27H53NOSi. The van der Waals surface area contributed by atoms with Crippen molar-refractivity contribution in [3.63, 3.8) is 0 Å². The van der Waals surface area contributed by atoms with Crippen LogP contribution in [0.25, 0.3) is 0 Å². The van der Waals surface area contributed by atoms with Crippen LogP contribution >= 0.6 is 0 Å². The lowest BCUT2D eigenvalue weighted by Crippen LogP contribution is -2.36. The molecule has 2 nitrogen and oxygen atoms in total. The van der Waals surface area contributed by atoms with Gasteiger partial charge in [0.1, 0.15) is 0 Å². The zero-order valence-corrected chi connectivity index (χ0v) is 22.1. The Bertz CT molecular complexity index is 441. The van der Waals surface area contributed by atoms with Crippen molar-refractivity contribution in [1.29, 1.82) is 0 Å². The van der Waals surface area contributed by atoms with E-state index in [-0.39, 0.29) is 0 Å². The van der Waals surface area contributed by atoms with Crippen molar-refractivity contribution in [1.82, 2.24) is 4.90 Å². The Kier molecular flexibility index (Phi) is 15.6. The molecule has 176 valence electrons. The number of hydrogen-bond donors (Lipinski definition) is 0. The summed E-state index contributed by atoms with van der Waals surface area (Å²) < 4.78 is 0. The number of amides is 1. The SMILES string of the molecule is CCCCC/C(=C/[Si](CCCCC)(CCCCC)CCCCC)C(=O)N1CCCC1. The van der Waals surface area contributed by atoms with Gasteiger partial charge in [0.2, 0.25) is 5.91 Å². The van der Waals surface area contributed by atoms with Gasteiger partial charge in [-0.1, -0.05) is 122 Å². The predicted molar refractivity (Wildman–Crippen MR) is 137 cm³/mol. The van der Waals surface area contributed by atoms with Gasteiger partial charge in [-0.25, -0.2) is 0 Å². The zero-order valence-electron chi connectivity index (χ0n) is 21.1. The summed E-state index contributed by atoms with van der Waals surface area (Å²) in [5.41, 5.74) is 3.91. The summed E-state index contributed by atoms with van der Waals surface area (Å²) in [5, 5.41) is 0. The first-order valence-corrected chi connectivity index (χ1v) is 16.3. The maximum absolute atomic E-state index is 13.5. The number of nitrogens with zero attached hydrogens (tertiary/aromatic N) is 1. The Morgan fingerprint density at radius 3 is 1.57 bits per heavy atom. The van der Waals surface area contributed by atoms with Crippen molar-refractivity contribution >= 4 is 14.0 Å². The maximum Gasteiger partial charge on any atom is 0.249 e. The first-order valence-electron chi connectivity index (χ1n) is 13.6. The molecule has 0 aromatic heterocycles. The smallest absolute Gasteiger partial charge is 0.249 e. The van der Waals surface area contributed by atoms with Gasteiger partial charge in [-0.05, 0) is 25.7 Å². The van der Waals surface area contributed by atoms with Gasteiger partial charge in [0.25, 0.3) is 0 Å². The van der Waals surface area contributed by atoms with E-state index in [4.69, 9.17) is 0 Å². The van der Waals surface area contributed by atoms with Crippen LogP contribution in [-0.4, -0.2) is 32.0 Å². The predicted octanol–water partition coefficient (Wildman–Crippen LogP) is 8.67. The maximum atomic E-state index is 13.5. The Morgan fingerprint density at radius 2 is 1.13 bits per heavy atom. The molecule has 0 atom stereocenters. The second kappa shape index (κ2) is 17.0. The first-order chi connectivity index (χ1) is 14.6. The van der Waals surface area contributed by atoms with Gasteiger partial charge in [-0.15, -0.1) is 0 Å². The normalized spacial score (nSPS) is 15.2. The summed E-state index contributed by atoms with van der Waals surface area (Å²) in [6.45, 7) is 11.2. The fourth-order valence-electron chi connectivity index (χ4n) is 5.07. The van der Waals surface area contributed by atoms with E-state index in [1.807, 2.05) is 0 Å².